The van der Waals surface area contributed by atoms with Gasteiger partial charge < -0.3 is 10.0 Å². The van der Waals surface area contributed by atoms with Gasteiger partial charge in [-0.05, 0) is 42.2 Å². The molecule has 3 heteroatoms. The molecule has 1 amide bonds. The van der Waals surface area contributed by atoms with Gasteiger partial charge in [-0.2, -0.15) is 0 Å². The molecule has 2 aliphatic rings. The number of carbonyl (C=O) groups excluding carboxylic acids is 1. The van der Waals surface area contributed by atoms with Gasteiger partial charge in [-0.15, -0.1) is 0 Å². The molecule has 1 aromatic carbocycles. The fourth-order valence-corrected chi connectivity index (χ4v) is 3.48. The van der Waals surface area contributed by atoms with Gasteiger partial charge >= 0.3 is 0 Å². The minimum atomic E-state index is -0.350. The summed E-state index contributed by atoms with van der Waals surface area (Å²) >= 11 is 0. The Morgan fingerprint density at radius 1 is 1.23 bits per heavy atom. The van der Waals surface area contributed by atoms with Crippen LogP contribution in [0.2, 0.25) is 0 Å². The van der Waals surface area contributed by atoms with E-state index in [1.54, 1.807) is 0 Å². The first-order chi connectivity index (χ1) is 10.3. The second-order valence-electron chi connectivity index (χ2n) is 7.96. The van der Waals surface area contributed by atoms with Gasteiger partial charge in [-0.1, -0.05) is 45.0 Å². The third kappa shape index (κ3) is 2.79. The summed E-state index contributed by atoms with van der Waals surface area (Å²) < 4.78 is 0. The van der Waals surface area contributed by atoms with Crippen molar-refractivity contribution in [3.05, 3.63) is 35.4 Å². The molecular weight excluding hydrogens is 274 g/mol. The quantitative estimate of drug-likeness (QED) is 0.912. The first-order valence-electron chi connectivity index (χ1n) is 8.41. The number of benzene rings is 1. The molecule has 1 N–H and O–H groups in total. The lowest BCUT2D eigenvalue weighted by Gasteiger charge is -2.33. The Kier molecular flexibility index (Phi) is 3.80. The molecule has 1 aromatic rings. The molecule has 3 nitrogen and oxygen atoms in total. The SMILES string of the molecule is CC(C)(C)c1ccc(C2(C(=O)N3CCCC(O)C3)CC2)cc1. The van der Waals surface area contributed by atoms with E-state index >= 15 is 0 Å². The van der Waals surface area contributed by atoms with Crippen LogP contribution in [0.1, 0.15) is 57.6 Å². The monoisotopic (exact) mass is 301 g/mol. The zero-order valence-electron chi connectivity index (χ0n) is 13.9. The highest BCUT2D eigenvalue weighted by molar-refractivity contribution is 5.91. The first kappa shape index (κ1) is 15.5. The molecule has 1 saturated heterocycles. The smallest absolute Gasteiger partial charge is 0.233 e. The molecular formula is C19H27NO2. The average molecular weight is 301 g/mol. The lowest BCUT2D eigenvalue weighted by Crippen LogP contribution is -2.46. The Labute approximate surface area is 133 Å². The number of aliphatic hydroxyl groups is 1. The van der Waals surface area contributed by atoms with Crippen LogP contribution in [-0.4, -0.2) is 35.1 Å². The van der Waals surface area contributed by atoms with Crippen molar-refractivity contribution in [2.75, 3.05) is 13.1 Å². The predicted molar refractivity (Wildman–Crippen MR) is 87.9 cm³/mol. The summed E-state index contributed by atoms with van der Waals surface area (Å²) in [4.78, 5) is 14.8. The number of aliphatic hydroxyl groups excluding tert-OH is 1. The molecule has 0 aromatic heterocycles. The topological polar surface area (TPSA) is 40.5 Å². The number of β-amino-alcohol motifs (C(OH)–C–C–N with tert-alkyl or cyclic N) is 1. The van der Waals surface area contributed by atoms with Crippen molar-refractivity contribution in [3.8, 4) is 0 Å². The summed E-state index contributed by atoms with van der Waals surface area (Å²) in [5, 5.41) is 9.82. The number of amides is 1. The minimum Gasteiger partial charge on any atom is -0.391 e. The highest BCUT2D eigenvalue weighted by Crippen LogP contribution is 2.50. The van der Waals surface area contributed by atoms with Crippen molar-refractivity contribution < 1.29 is 9.90 Å². The second-order valence-corrected chi connectivity index (χ2v) is 7.96. The number of nitrogens with zero attached hydrogens (tertiary/aromatic N) is 1. The molecule has 1 aliphatic carbocycles. The molecule has 1 unspecified atom stereocenters. The Bertz CT molecular complexity index is 552. The van der Waals surface area contributed by atoms with Crippen molar-refractivity contribution in [3.63, 3.8) is 0 Å². The van der Waals surface area contributed by atoms with Crippen LogP contribution in [0.3, 0.4) is 0 Å². The van der Waals surface area contributed by atoms with E-state index in [4.69, 9.17) is 0 Å². The summed E-state index contributed by atoms with van der Waals surface area (Å²) in [6, 6.07) is 8.58. The van der Waals surface area contributed by atoms with Gasteiger partial charge in [0.05, 0.1) is 11.5 Å². The highest BCUT2D eigenvalue weighted by atomic mass is 16.3. The Balaban J connectivity index is 1.80. The van der Waals surface area contributed by atoms with Crippen LogP contribution in [0.25, 0.3) is 0 Å². The molecule has 120 valence electrons. The molecule has 1 saturated carbocycles. The van der Waals surface area contributed by atoms with E-state index in [1.807, 2.05) is 4.90 Å². The number of hydrogen-bond acceptors (Lipinski definition) is 2. The lowest BCUT2D eigenvalue weighted by molar-refractivity contribution is -0.137. The van der Waals surface area contributed by atoms with Crippen LogP contribution in [0.15, 0.2) is 24.3 Å². The van der Waals surface area contributed by atoms with E-state index < -0.39 is 0 Å². The highest BCUT2D eigenvalue weighted by Gasteiger charge is 2.53. The molecule has 3 rings (SSSR count). The zero-order valence-corrected chi connectivity index (χ0v) is 13.9. The molecule has 0 spiro atoms. The fourth-order valence-electron chi connectivity index (χ4n) is 3.48. The largest absolute Gasteiger partial charge is 0.391 e. The number of carbonyl (C=O) groups is 1. The Morgan fingerprint density at radius 2 is 1.86 bits per heavy atom. The van der Waals surface area contributed by atoms with E-state index in [0.717, 1.165) is 37.8 Å². The molecule has 2 fully saturated rings. The van der Waals surface area contributed by atoms with E-state index in [1.165, 1.54) is 5.56 Å². The van der Waals surface area contributed by atoms with Gasteiger partial charge in [-0.25, -0.2) is 0 Å². The van der Waals surface area contributed by atoms with E-state index in [0.29, 0.717) is 6.54 Å². The third-order valence-corrected chi connectivity index (χ3v) is 5.15. The lowest BCUT2D eigenvalue weighted by atomic mass is 9.84. The van der Waals surface area contributed by atoms with Crippen LogP contribution in [0.5, 0.6) is 0 Å². The Morgan fingerprint density at radius 3 is 2.36 bits per heavy atom. The van der Waals surface area contributed by atoms with Crippen molar-refractivity contribution in [2.45, 2.75) is 63.4 Å². The van der Waals surface area contributed by atoms with Crippen molar-refractivity contribution in [1.82, 2.24) is 4.90 Å². The van der Waals surface area contributed by atoms with Crippen LogP contribution in [-0.2, 0) is 15.6 Å². The van der Waals surface area contributed by atoms with Gasteiger partial charge in [-0.3, -0.25) is 4.79 Å². The zero-order chi connectivity index (χ0) is 16.0. The van der Waals surface area contributed by atoms with Crippen LogP contribution in [0.4, 0.5) is 0 Å². The average Bonchev–Trinajstić information content (AvgIpc) is 3.27. The van der Waals surface area contributed by atoms with E-state index in [9.17, 15) is 9.90 Å². The summed E-state index contributed by atoms with van der Waals surface area (Å²) in [5.74, 6) is 0.217. The maximum atomic E-state index is 12.9. The van der Waals surface area contributed by atoms with Crippen molar-refractivity contribution in [1.29, 1.82) is 0 Å². The molecule has 22 heavy (non-hydrogen) atoms. The van der Waals surface area contributed by atoms with Gasteiger partial charge in [0.15, 0.2) is 0 Å². The Hall–Kier alpha value is -1.35. The summed E-state index contributed by atoms with van der Waals surface area (Å²) in [5.41, 5.74) is 2.27. The van der Waals surface area contributed by atoms with Gasteiger partial charge in [0.1, 0.15) is 0 Å². The normalized spacial score (nSPS) is 24.2. The second kappa shape index (κ2) is 5.38. The maximum absolute atomic E-state index is 12.9. The van der Waals surface area contributed by atoms with Crippen molar-refractivity contribution >= 4 is 5.91 Å². The summed E-state index contributed by atoms with van der Waals surface area (Å²) in [6.07, 6.45) is 3.25. The first-order valence-corrected chi connectivity index (χ1v) is 8.41. The maximum Gasteiger partial charge on any atom is 0.233 e. The number of rotatable bonds is 2. The van der Waals surface area contributed by atoms with Gasteiger partial charge in [0, 0.05) is 13.1 Å². The number of hydrogen-bond donors (Lipinski definition) is 1. The molecule has 0 bridgehead atoms. The standard InChI is InChI=1S/C19H27NO2/c1-18(2,3)14-6-8-15(9-7-14)19(10-11-19)17(22)20-12-4-5-16(21)13-20/h6-9,16,21H,4-5,10-13H2,1-3H3. The van der Waals surface area contributed by atoms with Crippen LogP contribution < -0.4 is 0 Å². The van der Waals surface area contributed by atoms with Crippen molar-refractivity contribution in [2.24, 2.45) is 0 Å². The minimum absolute atomic E-state index is 0.135. The van der Waals surface area contributed by atoms with E-state index in [-0.39, 0.29) is 22.8 Å². The molecule has 1 aliphatic heterocycles. The van der Waals surface area contributed by atoms with Crippen LogP contribution in [0, 0.1) is 0 Å². The number of piperidine rings is 1. The third-order valence-electron chi connectivity index (χ3n) is 5.15. The molecule has 0 radical (unpaired) electrons. The van der Waals surface area contributed by atoms with E-state index in [2.05, 4.69) is 45.0 Å². The fraction of sp³-hybridized carbons (Fsp3) is 0.632. The summed E-state index contributed by atoms with van der Waals surface area (Å²) in [7, 11) is 0. The number of likely N-dealkylation sites (tertiary alicyclic amines) is 1. The molecule has 1 atom stereocenters. The predicted octanol–water partition coefficient (Wildman–Crippen LogP) is 3.00. The molecule has 1 heterocycles. The van der Waals surface area contributed by atoms with Gasteiger partial charge in [0.2, 0.25) is 5.91 Å². The summed E-state index contributed by atoms with van der Waals surface area (Å²) in [6.45, 7) is 7.90. The van der Waals surface area contributed by atoms with Crippen LogP contribution >= 0.6 is 0 Å². The van der Waals surface area contributed by atoms with Gasteiger partial charge in [0.25, 0.3) is 0 Å².